The van der Waals surface area contributed by atoms with Crippen molar-refractivity contribution in [2.45, 2.75) is 166 Å². The zero-order valence-electron chi connectivity index (χ0n) is 26.3. The van der Waals surface area contributed by atoms with Crippen molar-refractivity contribution in [3.05, 3.63) is 0 Å². The molecular weight excluding hydrogens is 497 g/mol. The van der Waals surface area contributed by atoms with Crippen LogP contribution in [0.5, 0.6) is 0 Å². The number of nitrogens with zero attached hydrogens (tertiary/aromatic N) is 4. The minimum atomic E-state index is -2.96. The molecule has 0 N–H and O–H groups in total. The summed E-state index contributed by atoms with van der Waals surface area (Å²) < 4.78 is 5.52. The molecule has 33 heavy (non-hydrogen) atoms. The van der Waals surface area contributed by atoms with Gasteiger partial charge in [0.05, 0.1) is 0 Å². The zero-order valence-corrected chi connectivity index (χ0v) is 30.4. The quantitative estimate of drug-likeness (QED) is 0.316. The molecule has 0 saturated heterocycles. The molecule has 0 spiro atoms. The fraction of sp³-hybridized carbons (Fsp3) is 1.00. The molecular formula is C26H60GeN4Si2. The Kier molecular flexibility index (Phi) is 7.65. The van der Waals surface area contributed by atoms with Gasteiger partial charge in [-0.05, 0) is 0 Å². The maximum atomic E-state index is 5.31. The van der Waals surface area contributed by atoms with E-state index in [0.717, 1.165) is 0 Å². The molecule has 0 fully saturated rings. The second-order valence-corrected chi connectivity index (χ2v) is 39.8. The van der Waals surface area contributed by atoms with Crippen LogP contribution in [0.15, 0.2) is 10.4 Å². The van der Waals surface area contributed by atoms with Crippen LogP contribution in [0.3, 0.4) is 0 Å². The van der Waals surface area contributed by atoms with Crippen LogP contribution in [0.2, 0.25) is 41.7 Å². The van der Waals surface area contributed by atoms with Crippen molar-refractivity contribution in [2.24, 2.45) is 10.4 Å². The van der Waals surface area contributed by atoms with Gasteiger partial charge in [0.15, 0.2) is 0 Å². The van der Waals surface area contributed by atoms with E-state index in [0.29, 0.717) is 0 Å². The van der Waals surface area contributed by atoms with Crippen LogP contribution in [0.4, 0.5) is 0 Å². The third-order valence-corrected chi connectivity index (χ3v) is 37.5. The summed E-state index contributed by atoms with van der Waals surface area (Å²) in [6.45, 7) is 44.6. The Morgan fingerprint density at radius 1 is 0.394 bits per heavy atom. The molecule has 196 valence electrons. The van der Waals surface area contributed by atoms with Crippen LogP contribution < -0.4 is 0 Å². The van der Waals surface area contributed by atoms with Crippen LogP contribution in [0, 0.1) is 0 Å². The molecule has 1 heterocycles. The summed E-state index contributed by atoms with van der Waals surface area (Å²) in [6.07, 6.45) is 0. The van der Waals surface area contributed by atoms with E-state index in [4.69, 9.17) is 10.4 Å². The van der Waals surface area contributed by atoms with E-state index in [-0.39, 0.29) is 30.2 Å². The first-order valence-corrected chi connectivity index (χ1v) is 23.0. The van der Waals surface area contributed by atoms with Gasteiger partial charge in [0, 0.05) is 0 Å². The summed E-state index contributed by atoms with van der Waals surface area (Å²) in [7, 11) is -4.53. The predicted octanol–water partition coefficient (Wildman–Crippen LogP) is 10.3. The molecule has 0 bridgehead atoms. The standard InChI is InChI=1S/C26H60GeN4Si2/c1-21(2,3)32(22(4,5)6,23(7,8)9)30-27(19,20)31(29-28-30)33(24(10,11)12,25(13,14)15)26(16,17)18/h1-20H3. The van der Waals surface area contributed by atoms with Crippen molar-refractivity contribution in [1.29, 1.82) is 0 Å². The Balaban J connectivity index is 4.15. The Morgan fingerprint density at radius 3 is 0.667 bits per heavy atom. The first-order valence-electron chi connectivity index (χ1n) is 13.0. The van der Waals surface area contributed by atoms with Crippen molar-refractivity contribution in [1.82, 2.24) is 7.26 Å². The van der Waals surface area contributed by atoms with Gasteiger partial charge in [0.2, 0.25) is 0 Å². The molecule has 4 nitrogen and oxygen atoms in total. The minimum absolute atomic E-state index is 0.149. The second kappa shape index (κ2) is 8.09. The third kappa shape index (κ3) is 4.24. The van der Waals surface area contributed by atoms with E-state index >= 15 is 0 Å². The summed E-state index contributed by atoms with van der Waals surface area (Å²) in [6, 6.07) is 0. The van der Waals surface area contributed by atoms with E-state index in [1.165, 1.54) is 0 Å². The number of hydrogen-bond donors (Lipinski definition) is 0. The molecule has 0 aromatic carbocycles. The molecule has 0 amide bonds. The first kappa shape index (κ1) is 31.2. The molecule has 0 aromatic heterocycles. The van der Waals surface area contributed by atoms with E-state index in [1.54, 1.807) is 0 Å². The first-order chi connectivity index (χ1) is 14.0. The van der Waals surface area contributed by atoms with Gasteiger partial charge in [-0.15, -0.1) is 0 Å². The molecule has 0 unspecified atom stereocenters. The van der Waals surface area contributed by atoms with Gasteiger partial charge in [-0.25, -0.2) is 0 Å². The Hall–Kier alpha value is 0.177. The summed E-state index contributed by atoms with van der Waals surface area (Å²) in [5, 5.41) is 11.5. The molecule has 7 heteroatoms. The summed E-state index contributed by atoms with van der Waals surface area (Å²) in [4.78, 5) is 0. The van der Waals surface area contributed by atoms with Crippen molar-refractivity contribution < 1.29 is 0 Å². The zero-order chi connectivity index (χ0) is 27.1. The molecule has 0 radical (unpaired) electrons. The van der Waals surface area contributed by atoms with Crippen LogP contribution >= 0.6 is 0 Å². The van der Waals surface area contributed by atoms with Gasteiger partial charge in [-0.3, -0.25) is 0 Å². The molecule has 0 aromatic rings. The SMILES string of the molecule is CC(C)(C)[Si]([N]1N=N[N]([Si](C(C)(C)C)(C(C)(C)C)C(C)(C)C)[Ge]1([CH3])[CH3])(C(C)(C)C)C(C)(C)C. The summed E-state index contributed by atoms with van der Waals surface area (Å²) in [5.74, 6) is 5.19. The van der Waals surface area contributed by atoms with Crippen LogP contribution in [-0.4, -0.2) is 37.4 Å². The normalized spacial score (nSPS) is 19.5. The number of rotatable bonds is 2. The second-order valence-electron chi connectivity index (χ2n) is 17.2. The van der Waals surface area contributed by atoms with Crippen LogP contribution in [-0.2, 0) is 0 Å². The molecule has 1 rings (SSSR count). The van der Waals surface area contributed by atoms with Crippen molar-refractivity contribution in [3.63, 3.8) is 0 Å². The monoisotopic (exact) mass is 558 g/mol. The van der Waals surface area contributed by atoms with Crippen molar-refractivity contribution >= 4 is 30.2 Å². The molecule has 1 aliphatic heterocycles. The van der Waals surface area contributed by atoms with Gasteiger partial charge >= 0.3 is 214 Å². The maximum absolute atomic E-state index is 5.31. The molecule has 0 saturated carbocycles. The fourth-order valence-corrected chi connectivity index (χ4v) is 55.3. The summed E-state index contributed by atoms with van der Waals surface area (Å²) in [5.41, 5.74) is 0. The fourth-order valence-electron chi connectivity index (χ4n) is 10.00. The Morgan fingerprint density at radius 2 is 0.545 bits per heavy atom. The van der Waals surface area contributed by atoms with Crippen LogP contribution in [0.1, 0.15) is 125 Å². The van der Waals surface area contributed by atoms with Crippen molar-refractivity contribution in [3.8, 4) is 0 Å². The van der Waals surface area contributed by atoms with Crippen LogP contribution in [0.25, 0.3) is 0 Å². The number of hydrogen-bond acceptors (Lipinski definition) is 4. The van der Waals surface area contributed by atoms with E-state index in [2.05, 4.69) is 143 Å². The Labute approximate surface area is 213 Å². The van der Waals surface area contributed by atoms with E-state index in [1.807, 2.05) is 0 Å². The van der Waals surface area contributed by atoms with Gasteiger partial charge in [0.1, 0.15) is 0 Å². The molecule has 0 aliphatic carbocycles. The molecule has 0 atom stereocenters. The topological polar surface area (TPSA) is 31.2 Å². The third-order valence-electron chi connectivity index (χ3n) is 8.40. The average Bonchev–Trinajstić information content (AvgIpc) is 2.67. The van der Waals surface area contributed by atoms with Crippen molar-refractivity contribution in [2.75, 3.05) is 0 Å². The van der Waals surface area contributed by atoms with Gasteiger partial charge < -0.3 is 0 Å². The molecule has 1 aliphatic rings. The van der Waals surface area contributed by atoms with Gasteiger partial charge in [0.25, 0.3) is 0 Å². The van der Waals surface area contributed by atoms with Gasteiger partial charge in [-0.2, -0.15) is 0 Å². The van der Waals surface area contributed by atoms with Gasteiger partial charge in [-0.1, -0.05) is 0 Å². The Bertz CT molecular complexity index is 614. The summed E-state index contributed by atoms with van der Waals surface area (Å²) >= 11 is -2.96. The van der Waals surface area contributed by atoms with E-state index < -0.39 is 30.2 Å². The predicted molar refractivity (Wildman–Crippen MR) is 156 cm³/mol. The average molecular weight is 558 g/mol. The van der Waals surface area contributed by atoms with E-state index in [9.17, 15) is 0 Å².